The molecule has 0 saturated carbocycles. The maximum absolute atomic E-state index is 12.4. The lowest BCUT2D eigenvalue weighted by molar-refractivity contribution is 0.0745. The third-order valence-corrected chi connectivity index (χ3v) is 4.21. The lowest BCUT2D eigenvalue weighted by Crippen LogP contribution is -2.49. The van der Waals surface area contributed by atoms with Crippen LogP contribution in [0.15, 0.2) is 47.5 Å². The zero-order chi connectivity index (χ0) is 17.2. The Morgan fingerprint density at radius 2 is 1.96 bits per heavy atom. The molecule has 0 spiro atoms. The van der Waals surface area contributed by atoms with E-state index in [-0.39, 0.29) is 5.91 Å². The number of aromatic nitrogens is 4. The molecule has 8 heteroatoms. The molecule has 0 aliphatic carbocycles. The first kappa shape index (κ1) is 15.4. The third-order valence-electron chi connectivity index (χ3n) is 4.21. The zero-order valence-electron chi connectivity index (χ0n) is 13.9. The van der Waals surface area contributed by atoms with Crippen LogP contribution in [0.2, 0.25) is 0 Å². The van der Waals surface area contributed by atoms with Crippen molar-refractivity contribution in [1.29, 1.82) is 0 Å². The first-order valence-corrected chi connectivity index (χ1v) is 8.13. The Kier molecular flexibility index (Phi) is 3.93. The van der Waals surface area contributed by atoms with Crippen molar-refractivity contribution >= 4 is 11.7 Å². The quantitative estimate of drug-likeness (QED) is 0.720. The summed E-state index contributed by atoms with van der Waals surface area (Å²) in [7, 11) is 0. The number of carbonyl (C=O) groups is 1. The van der Waals surface area contributed by atoms with E-state index in [0.29, 0.717) is 24.5 Å². The molecule has 4 heterocycles. The zero-order valence-corrected chi connectivity index (χ0v) is 13.9. The fourth-order valence-electron chi connectivity index (χ4n) is 2.93. The topological polar surface area (TPSA) is 80.3 Å². The molecular weight excluding hydrogens is 320 g/mol. The number of carbonyl (C=O) groups excluding carboxylic acids is 1. The van der Waals surface area contributed by atoms with Gasteiger partial charge in [-0.1, -0.05) is 0 Å². The molecular formula is C17H18N6O2. The molecule has 4 rings (SSSR count). The Labute approximate surface area is 144 Å². The van der Waals surface area contributed by atoms with Gasteiger partial charge in [0.05, 0.1) is 11.8 Å². The van der Waals surface area contributed by atoms with E-state index in [2.05, 4.69) is 20.0 Å². The Hall–Kier alpha value is -3.16. The van der Waals surface area contributed by atoms with Crippen molar-refractivity contribution in [3.8, 4) is 5.82 Å². The number of rotatable bonds is 3. The molecule has 1 fully saturated rings. The van der Waals surface area contributed by atoms with Gasteiger partial charge in [-0.25, -0.2) is 14.6 Å². The Morgan fingerprint density at radius 1 is 1.16 bits per heavy atom. The molecule has 0 bridgehead atoms. The predicted molar refractivity (Wildman–Crippen MR) is 90.7 cm³/mol. The van der Waals surface area contributed by atoms with Crippen LogP contribution in [0, 0.1) is 6.92 Å². The first-order chi connectivity index (χ1) is 12.2. The summed E-state index contributed by atoms with van der Waals surface area (Å²) in [6, 6.07) is 5.48. The fraction of sp³-hybridized carbons (Fsp3) is 0.294. The van der Waals surface area contributed by atoms with E-state index in [1.54, 1.807) is 16.9 Å². The molecule has 1 aliphatic rings. The van der Waals surface area contributed by atoms with Crippen LogP contribution in [0.25, 0.3) is 5.82 Å². The van der Waals surface area contributed by atoms with Crippen LogP contribution in [0.5, 0.6) is 0 Å². The van der Waals surface area contributed by atoms with E-state index < -0.39 is 0 Å². The molecule has 1 saturated heterocycles. The minimum atomic E-state index is 0.00417. The van der Waals surface area contributed by atoms with Gasteiger partial charge in [0.25, 0.3) is 5.91 Å². The second-order valence-electron chi connectivity index (χ2n) is 5.87. The molecule has 0 atom stereocenters. The van der Waals surface area contributed by atoms with Crippen LogP contribution >= 0.6 is 0 Å². The van der Waals surface area contributed by atoms with Gasteiger partial charge in [-0.05, 0) is 19.1 Å². The fourth-order valence-corrected chi connectivity index (χ4v) is 2.93. The smallest absolute Gasteiger partial charge is 0.257 e. The highest BCUT2D eigenvalue weighted by Gasteiger charge is 2.24. The second kappa shape index (κ2) is 6.39. The summed E-state index contributed by atoms with van der Waals surface area (Å²) in [6.07, 6.45) is 6.58. The van der Waals surface area contributed by atoms with Crippen LogP contribution in [0.3, 0.4) is 0 Å². The lowest BCUT2D eigenvalue weighted by Gasteiger charge is -2.35. The van der Waals surface area contributed by atoms with Crippen molar-refractivity contribution in [3.63, 3.8) is 0 Å². The summed E-state index contributed by atoms with van der Waals surface area (Å²) in [4.78, 5) is 25.4. The first-order valence-electron chi connectivity index (χ1n) is 8.13. The van der Waals surface area contributed by atoms with Crippen LogP contribution in [-0.2, 0) is 0 Å². The average Bonchev–Trinajstić information content (AvgIpc) is 3.34. The van der Waals surface area contributed by atoms with E-state index in [1.165, 1.54) is 12.5 Å². The lowest BCUT2D eigenvalue weighted by atomic mass is 10.2. The van der Waals surface area contributed by atoms with E-state index in [9.17, 15) is 4.79 Å². The van der Waals surface area contributed by atoms with Crippen molar-refractivity contribution in [2.75, 3.05) is 31.1 Å². The highest BCUT2D eigenvalue weighted by molar-refractivity contribution is 5.94. The number of aryl methyl sites for hydroxylation is 1. The number of hydrogen-bond acceptors (Lipinski definition) is 6. The minimum absolute atomic E-state index is 0.00417. The molecule has 128 valence electrons. The van der Waals surface area contributed by atoms with E-state index in [1.807, 2.05) is 30.2 Å². The van der Waals surface area contributed by atoms with Crippen LogP contribution in [0.1, 0.15) is 16.2 Å². The van der Waals surface area contributed by atoms with Crippen molar-refractivity contribution in [2.24, 2.45) is 0 Å². The number of furan rings is 1. The third kappa shape index (κ3) is 3.10. The molecule has 0 unspecified atom stereocenters. The number of piperazine rings is 1. The summed E-state index contributed by atoms with van der Waals surface area (Å²) in [6.45, 7) is 4.60. The SMILES string of the molecule is Cc1nc(N2CCN(C(=O)c3ccoc3)CC2)cc(-n2cccn2)n1. The normalized spacial score (nSPS) is 14.8. The average molecular weight is 338 g/mol. The molecule has 3 aromatic heterocycles. The summed E-state index contributed by atoms with van der Waals surface area (Å²) in [5, 5.41) is 4.22. The van der Waals surface area contributed by atoms with Gasteiger partial charge in [0.1, 0.15) is 17.9 Å². The summed E-state index contributed by atoms with van der Waals surface area (Å²) in [5.74, 6) is 2.29. The Balaban J connectivity index is 1.48. The number of nitrogens with zero attached hydrogens (tertiary/aromatic N) is 6. The van der Waals surface area contributed by atoms with Crippen molar-refractivity contribution in [2.45, 2.75) is 6.92 Å². The summed E-state index contributed by atoms with van der Waals surface area (Å²) in [5.41, 5.74) is 0.590. The van der Waals surface area contributed by atoms with Crippen molar-refractivity contribution in [3.05, 3.63) is 54.5 Å². The maximum atomic E-state index is 12.4. The molecule has 0 radical (unpaired) electrons. The van der Waals surface area contributed by atoms with E-state index in [4.69, 9.17) is 4.42 Å². The largest absolute Gasteiger partial charge is 0.472 e. The van der Waals surface area contributed by atoms with E-state index >= 15 is 0 Å². The Morgan fingerprint density at radius 3 is 2.64 bits per heavy atom. The second-order valence-corrected chi connectivity index (χ2v) is 5.87. The van der Waals surface area contributed by atoms with Gasteiger partial charge in [-0.15, -0.1) is 0 Å². The van der Waals surface area contributed by atoms with Gasteiger partial charge in [-0.3, -0.25) is 4.79 Å². The van der Waals surface area contributed by atoms with Crippen LogP contribution in [-0.4, -0.2) is 56.7 Å². The highest BCUT2D eigenvalue weighted by Crippen LogP contribution is 2.18. The van der Waals surface area contributed by atoms with Gasteiger partial charge in [0.2, 0.25) is 0 Å². The van der Waals surface area contributed by atoms with Gasteiger partial charge in [-0.2, -0.15) is 5.10 Å². The number of amides is 1. The molecule has 25 heavy (non-hydrogen) atoms. The van der Waals surface area contributed by atoms with Crippen LogP contribution in [0.4, 0.5) is 5.82 Å². The minimum Gasteiger partial charge on any atom is -0.472 e. The highest BCUT2D eigenvalue weighted by atomic mass is 16.3. The van der Waals surface area contributed by atoms with Gasteiger partial charge < -0.3 is 14.2 Å². The Bertz CT molecular complexity index is 851. The molecule has 8 nitrogen and oxygen atoms in total. The standard InChI is InChI=1S/C17H18N6O2/c1-13-19-15(11-16(20-13)23-5-2-4-18-23)21-6-8-22(9-7-21)17(24)14-3-10-25-12-14/h2-5,10-12H,6-9H2,1H3. The van der Waals surface area contributed by atoms with Gasteiger partial charge in [0.15, 0.2) is 5.82 Å². The maximum Gasteiger partial charge on any atom is 0.257 e. The predicted octanol–water partition coefficient (Wildman–Crippen LogP) is 1.53. The molecule has 0 N–H and O–H groups in total. The molecule has 0 aromatic carbocycles. The van der Waals surface area contributed by atoms with E-state index in [0.717, 1.165) is 24.7 Å². The molecule has 1 amide bonds. The van der Waals surface area contributed by atoms with Gasteiger partial charge >= 0.3 is 0 Å². The number of anilines is 1. The van der Waals surface area contributed by atoms with Gasteiger partial charge in [0, 0.05) is 44.6 Å². The summed E-state index contributed by atoms with van der Waals surface area (Å²) >= 11 is 0. The van der Waals surface area contributed by atoms with Crippen LogP contribution < -0.4 is 4.90 Å². The molecule has 1 aliphatic heterocycles. The summed E-state index contributed by atoms with van der Waals surface area (Å²) < 4.78 is 6.71. The van der Waals surface area contributed by atoms with Crippen molar-refractivity contribution < 1.29 is 9.21 Å². The monoisotopic (exact) mass is 338 g/mol. The van der Waals surface area contributed by atoms with Crippen molar-refractivity contribution in [1.82, 2.24) is 24.6 Å². The number of hydrogen-bond donors (Lipinski definition) is 0. The molecule has 3 aromatic rings.